The highest BCUT2D eigenvalue weighted by atomic mass is 32.1. The Labute approximate surface area is 120 Å². The quantitative estimate of drug-likeness (QED) is 0.812. The van der Waals surface area contributed by atoms with Crippen LogP contribution in [0.4, 0.5) is 10.9 Å². The van der Waals surface area contributed by atoms with Gasteiger partial charge in [0, 0.05) is 36.0 Å². The van der Waals surface area contributed by atoms with Crippen molar-refractivity contribution in [1.29, 1.82) is 0 Å². The van der Waals surface area contributed by atoms with Crippen LogP contribution in [0.5, 0.6) is 0 Å². The molecule has 1 aliphatic heterocycles. The lowest BCUT2D eigenvalue weighted by Gasteiger charge is -2.25. The smallest absolute Gasteiger partial charge is 0.335 e. The fourth-order valence-corrected chi connectivity index (χ4v) is 2.70. The number of ether oxygens (including phenoxy) is 1. The van der Waals surface area contributed by atoms with E-state index in [1.165, 1.54) is 11.3 Å². The van der Waals surface area contributed by atoms with Crippen LogP contribution in [0.15, 0.2) is 41.7 Å². The first-order valence-corrected chi connectivity index (χ1v) is 7.18. The summed E-state index contributed by atoms with van der Waals surface area (Å²) in [5, 5.41) is 2.68. The number of carbonyl (C=O) groups excluding carboxylic acids is 1. The molecule has 0 spiro atoms. The first-order valence-electron chi connectivity index (χ1n) is 6.30. The van der Waals surface area contributed by atoms with Crippen molar-refractivity contribution >= 4 is 28.3 Å². The van der Waals surface area contributed by atoms with Crippen LogP contribution in [0.1, 0.15) is 12.5 Å². The van der Waals surface area contributed by atoms with E-state index < -0.39 is 0 Å². The van der Waals surface area contributed by atoms with Crippen molar-refractivity contribution in [2.75, 3.05) is 11.5 Å². The summed E-state index contributed by atoms with van der Waals surface area (Å²) in [6, 6.07) is 3.84. The maximum atomic E-state index is 12.0. The van der Waals surface area contributed by atoms with Crippen LogP contribution in [0.3, 0.4) is 0 Å². The Morgan fingerprint density at radius 1 is 1.45 bits per heavy atom. The van der Waals surface area contributed by atoms with Gasteiger partial charge in [-0.3, -0.25) is 4.90 Å². The summed E-state index contributed by atoms with van der Waals surface area (Å²) in [6.07, 6.45) is 5.77. The van der Waals surface area contributed by atoms with Gasteiger partial charge in [-0.25, -0.2) is 14.8 Å². The minimum atomic E-state index is -0.288. The Morgan fingerprint density at radius 2 is 2.35 bits per heavy atom. The minimum absolute atomic E-state index is 0.288. The van der Waals surface area contributed by atoms with E-state index in [-0.39, 0.29) is 5.97 Å². The molecule has 0 atom stereocenters. The van der Waals surface area contributed by atoms with Crippen LogP contribution >= 0.6 is 11.3 Å². The Balaban J connectivity index is 2.03. The second-order valence-electron chi connectivity index (χ2n) is 4.22. The third-order valence-electron chi connectivity index (χ3n) is 2.92. The molecule has 5 nitrogen and oxygen atoms in total. The third-order valence-corrected chi connectivity index (χ3v) is 3.70. The monoisotopic (exact) mass is 287 g/mol. The third kappa shape index (κ3) is 2.30. The fraction of sp³-hybridized carbons (Fsp3) is 0.214. The summed E-state index contributed by atoms with van der Waals surface area (Å²) in [4.78, 5) is 22.5. The van der Waals surface area contributed by atoms with Gasteiger partial charge in [-0.1, -0.05) is 6.07 Å². The van der Waals surface area contributed by atoms with Crippen LogP contribution in [0.2, 0.25) is 0 Å². The number of nitrogens with zero attached hydrogens (tertiary/aromatic N) is 3. The van der Waals surface area contributed by atoms with Gasteiger partial charge in [-0.2, -0.15) is 0 Å². The molecule has 0 aliphatic carbocycles. The number of pyridine rings is 1. The predicted octanol–water partition coefficient (Wildman–Crippen LogP) is 2.68. The van der Waals surface area contributed by atoms with E-state index in [0.29, 0.717) is 18.6 Å². The molecule has 3 heterocycles. The van der Waals surface area contributed by atoms with Crippen molar-refractivity contribution in [2.45, 2.75) is 13.3 Å². The zero-order chi connectivity index (χ0) is 13.9. The van der Waals surface area contributed by atoms with Gasteiger partial charge < -0.3 is 4.74 Å². The number of anilines is 2. The summed E-state index contributed by atoms with van der Waals surface area (Å²) >= 11 is 1.50. The molecule has 0 aromatic carbocycles. The van der Waals surface area contributed by atoms with Crippen LogP contribution in [-0.4, -0.2) is 22.5 Å². The lowest BCUT2D eigenvalue weighted by Crippen LogP contribution is -2.22. The second-order valence-corrected chi connectivity index (χ2v) is 5.10. The molecule has 2 aromatic heterocycles. The van der Waals surface area contributed by atoms with Crippen LogP contribution in [-0.2, 0) is 16.0 Å². The van der Waals surface area contributed by atoms with Gasteiger partial charge in [0.25, 0.3) is 0 Å². The number of carbonyl (C=O) groups is 1. The van der Waals surface area contributed by atoms with E-state index >= 15 is 0 Å². The van der Waals surface area contributed by atoms with Gasteiger partial charge in [-0.05, 0) is 13.0 Å². The van der Waals surface area contributed by atoms with Gasteiger partial charge >= 0.3 is 5.97 Å². The Morgan fingerprint density at radius 3 is 3.10 bits per heavy atom. The zero-order valence-corrected chi connectivity index (χ0v) is 11.8. The van der Waals surface area contributed by atoms with Crippen molar-refractivity contribution in [1.82, 2.24) is 9.97 Å². The van der Waals surface area contributed by atoms with E-state index in [2.05, 4.69) is 9.97 Å². The highest BCUT2D eigenvalue weighted by Gasteiger charge is 2.25. The molecule has 6 heteroatoms. The lowest BCUT2D eigenvalue weighted by molar-refractivity contribution is -0.138. The highest BCUT2D eigenvalue weighted by Crippen LogP contribution is 2.34. The molecule has 0 bridgehead atoms. The Kier molecular flexibility index (Phi) is 3.47. The molecule has 0 radical (unpaired) electrons. The number of hydrogen-bond donors (Lipinski definition) is 0. The van der Waals surface area contributed by atoms with Crippen LogP contribution in [0, 0.1) is 0 Å². The molecule has 0 amide bonds. The van der Waals surface area contributed by atoms with Gasteiger partial charge in [0.1, 0.15) is 5.82 Å². The summed E-state index contributed by atoms with van der Waals surface area (Å²) in [5.74, 6) is 0.527. The number of esters is 1. The first-order chi connectivity index (χ1) is 9.79. The highest BCUT2D eigenvalue weighted by molar-refractivity contribution is 7.13. The van der Waals surface area contributed by atoms with Crippen molar-refractivity contribution in [3.8, 4) is 0 Å². The number of rotatable bonds is 3. The lowest BCUT2D eigenvalue weighted by atomic mass is 10.0. The average molecular weight is 287 g/mol. The first kappa shape index (κ1) is 12.8. The largest absolute Gasteiger partial charge is 0.463 e. The standard InChI is InChI=1S/C14H13N3O2S/c1-2-19-13(18)11-8-10-4-3-5-15-12(10)17(9-11)14-16-6-7-20-14/h3-7,9H,2,8H2,1H3. The molecule has 3 rings (SSSR count). The van der Waals surface area contributed by atoms with E-state index in [1.54, 1.807) is 25.5 Å². The van der Waals surface area contributed by atoms with Gasteiger partial charge in [0.2, 0.25) is 0 Å². The van der Waals surface area contributed by atoms with Crippen molar-refractivity contribution in [3.63, 3.8) is 0 Å². The number of hydrogen-bond acceptors (Lipinski definition) is 6. The molecular weight excluding hydrogens is 274 g/mol. The summed E-state index contributed by atoms with van der Waals surface area (Å²) in [5.41, 5.74) is 1.61. The van der Waals surface area contributed by atoms with E-state index in [1.807, 2.05) is 22.4 Å². The normalized spacial score (nSPS) is 13.7. The number of aromatic nitrogens is 2. The zero-order valence-electron chi connectivity index (χ0n) is 10.9. The molecule has 0 fully saturated rings. The number of thiazole rings is 1. The van der Waals surface area contributed by atoms with Crippen LogP contribution in [0.25, 0.3) is 0 Å². The molecule has 0 saturated heterocycles. The SMILES string of the molecule is CCOC(=O)C1=CN(c2nccs2)c2ncccc2C1. The average Bonchev–Trinajstić information content (AvgIpc) is 3.00. The molecular formula is C14H13N3O2S. The molecule has 20 heavy (non-hydrogen) atoms. The van der Waals surface area contributed by atoms with Gasteiger partial charge in [0.15, 0.2) is 5.13 Å². The van der Waals surface area contributed by atoms with E-state index in [0.717, 1.165) is 16.5 Å². The molecule has 0 N–H and O–H groups in total. The maximum Gasteiger partial charge on any atom is 0.335 e. The summed E-state index contributed by atoms with van der Waals surface area (Å²) in [6.45, 7) is 2.17. The van der Waals surface area contributed by atoms with Gasteiger partial charge in [-0.15, -0.1) is 11.3 Å². The van der Waals surface area contributed by atoms with Crippen LogP contribution < -0.4 is 4.90 Å². The maximum absolute atomic E-state index is 12.0. The minimum Gasteiger partial charge on any atom is -0.463 e. The molecule has 2 aromatic rings. The second kappa shape index (κ2) is 5.42. The molecule has 1 aliphatic rings. The van der Waals surface area contributed by atoms with Gasteiger partial charge in [0.05, 0.1) is 12.2 Å². The Bertz CT molecular complexity index is 652. The summed E-state index contributed by atoms with van der Waals surface area (Å²) < 4.78 is 5.09. The van der Waals surface area contributed by atoms with E-state index in [9.17, 15) is 4.79 Å². The molecule has 0 unspecified atom stereocenters. The fourth-order valence-electron chi connectivity index (χ4n) is 2.08. The predicted molar refractivity (Wildman–Crippen MR) is 76.9 cm³/mol. The van der Waals surface area contributed by atoms with E-state index in [4.69, 9.17) is 4.74 Å². The molecule has 102 valence electrons. The number of fused-ring (bicyclic) bond motifs is 1. The van der Waals surface area contributed by atoms with Crippen molar-refractivity contribution < 1.29 is 9.53 Å². The van der Waals surface area contributed by atoms with Crippen molar-refractivity contribution in [2.24, 2.45) is 0 Å². The molecule has 0 saturated carbocycles. The van der Waals surface area contributed by atoms with Crippen molar-refractivity contribution in [3.05, 3.63) is 47.2 Å². The summed E-state index contributed by atoms with van der Waals surface area (Å²) in [7, 11) is 0. The Hall–Kier alpha value is -2.21. The topological polar surface area (TPSA) is 55.3 Å².